The molecule has 0 spiro atoms. The van der Waals surface area contributed by atoms with Crippen molar-refractivity contribution in [3.05, 3.63) is 77.7 Å². The minimum absolute atomic E-state index is 0.236. The van der Waals surface area contributed by atoms with Crippen LogP contribution in [0.15, 0.2) is 60.8 Å². The van der Waals surface area contributed by atoms with Gasteiger partial charge in [-0.15, -0.1) is 0 Å². The van der Waals surface area contributed by atoms with Crippen molar-refractivity contribution in [1.82, 2.24) is 9.97 Å². The van der Waals surface area contributed by atoms with Gasteiger partial charge in [0.15, 0.2) is 0 Å². The van der Waals surface area contributed by atoms with Crippen LogP contribution in [0.2, 0.25) is 0 Å². The van der Waals surface area contributed by atoms with Crippen molar-refractivity contribution in [3.8, 4) is 0 Å². The number of hydrogen-bond acceptors (Lipinski definition) is 4. The van der Waals surface area contributed by atoms with Gasteiger partial charge in [-0.3, -0.25) is 0 Å². The first kappa shape index (κ1) is 15.0. The maximum atomic E-state index is 12.9. The third-order valence-electron chi connectivity index (χ3n) is 3.32. The Labute approximate surface area is 134 Å². The number of nitrogens with one attached hydrogen (secondary N) is 2. The van der Waals surface area contributed by atoms with Crippen molar-refractivity contribution in [2.45, 2.75) is 13.5 Å². The molecule has 2 N–H and O–H groups in total. The van der Waals surface area contributed by atoms with E-state index in [2.05, 4.69) is 20.6 Å². The summed E-state index contributed by atoms with van der Waals surface area (Å²) in [5.74, 6) is 1.000. The second-order valence-corrected chi connectivity index (χ2v) is 5.24. The lowest BCUT2D eigenvalue weighted by Crippen LogP contribution is -2.04. The van der Waals surface area contributed by atoms with Gasteiger partial charge < -0.3 is 10.6 Å². The van der Waals surface area contributed by atoms with E-state index in [0.717, 1.165) is 11.3 Å². The molecule has 116 valence electrons. The van der Waals surface area contributed by atoms with Crippen LogP contribution in [-0.2, 0) is 6.54 Å². The first-order valence-electron chi connectivity index (χ1n) is 7.34. The number of hydrogen-bond donors (Lipinski definition) is 2. The monoisotopic (exact) mass is 308 g/mol. The molecule has 2 aromatic carbocycles. The van der Waals surface area contributed by atoms with Gasteiger partial charge in [-0.2, -0.15) is 4.98 Å². The van der Waals surface area contributed by atoms with Crippen molar-refractivity contribution < 1.29 is 4.39 Å². The average molecular weight is 308 g/mol. The number of halogens is 1. The predicted molar refractivity (Wildman–Crippen MR) is 90.2 cm³/mol. The van der Waals surface area contributed by atoms with Crippen molar-refractivity contribution in [2.75, 3.05) is 10.6 Å². The van der Waals surface area contributed by atoms with Crippen LogP contribution < -0.4 is 10.6 Å². The lowest BCUT2D eigenvalue weighted by atomic mass is 10.2. The Morgan fingerprint density at radius 2 is 1.87 bits per heavy atom. The molecule has 0 atom stereocenters. The Kier molecular flexibility index (Phi) is 4.47. The van der Waals surface area contributed by atoms with E-state index in [1.807, 2.05) is 31.2 Å². The fourth-order valence-electron chi connectivity index (χ4n) is 2.16. The summed E-state index contributed by atoms with van der Waals surface area (Å²) in [5, 5.41) is 6.38. The number of anilines is 3. The van der Waals surface area contributed by atoms with Gasteiger partial charge in [0.25, 0.3) is 0 Å². The predicted octanol–water partition coefficient (Wildman–Crippen LogP) is 4.28. The summed E-state index contributed by atoms with van der Waals surface area (Å²) in [6.45, 7) is 2.61. The SMILES string of the molecule is Cc1cccc(Nc2nccc(NCc3ccc(F)cc3)n2)c1. The first-order valence-corrected chi connectivity index (χ1v) is 7.34. The topological polar surface area (TPSA) is 49.8 Å². The van der Waals surface area contributed by atoms with Gasteiger partial charge in [0.1, 0.15) is 11.6 Å². The summed E-state index contributed by atoms with van der Waals surface area (Å²) in [5.41, 5.74) is 3.10. The molecule has 0 aliphatic rings. The highest BCUT2D eigenvalue weighted by Gasteiger charge is 2.01. The minimum atomic E-state index is -0.236. The number of benzene rings is 2. The molecule has 0 aliphatic carbocycles. The van der Waals surface area contributed by atoms with E-state index in [1.54, 1.807) is 24.4 Å². The quantitative estimate of drug-likeness (QED) is 0.738. The van der Waals surface area contributed by atoms with Crippen LogP contribution in [0.1, 0.15) is 11.1 Å². The standard InChI is InChI=1S/C18H17FN4/c1-13-3-2-4-16(11-13)22-18-20-10-9-17(23-18)21-12-14-5-7-15(19)8-6-14/h2-11H,12H2,1H3,(H2,20,21,22,23). The molecule has 3 aromatic rings. The summed E-state index contributed by atoms with van der Waals surface area (Å²) >= 11 is 0. The van der Waals surface area contributed by atoms with E-state index >= 15 is 0 Å². The lowest BCUT2D eigenvalue weighted by Gasteiger charge is -2.09. The normalized spacial score (nSPS) is 10.3. The largest absolute Gasteiger partial charge is 0.366 e. The van der Waals surface area contributed by atoms with Gasteiger partial charge in [0.2, 0.25) is 5.95 Å². The molecule has 0 unspecified atom stereocenters. The van der Waals surface area contributed by atoms with Gasteiger partial charge in [0.05, 0.1) is 0 Å². The zero-order valence-corrected chi connectivity index (χ0v) is 12.8. The molecule has 1 aromatic heterocycles. The van der Waals surface area contributed by atoms with E-state index in [0.29, 0.717) is 18.3 Å². The third-order valence-corrected chi connectivity index (χ3v) is 3.32. The van der Waals surface area contributed by atoms with E-state index in [4.69, 9.17) is 0 Å². The highest BCUT2D eigenvalue weighted by atomic mass is 19.1. The molecule has 1 heterocycles. The summed E-state index contributed by atoms with van der Waals surface area (Å²) in [4.78, 5) is 8.64. The molecular weight excluding hydrogens is 291 g/mol. The molecule has 5 heteroatoms. The number of rotatable bonds is 5. The van der Waals surface area contributed by atoms with Gasteiger partial charge in [-0.25, -0.2) is 9.37 Å². The van der Waals surface area contributed by atoms with Gasteiger partial charge in [-0.05, 0) is 48.4 Å². The molecular formula is C18H17FN4. The van der Waals surface area contributed by atoms with Crippen LogP contribution in [-0.4, -0.2) is 9.97 Å². The van der Waals surface area contributed by atoms with Crippen molar-refractivity contribution in [2.24, 2.45) is 0 Å². The van der Waals surface area contributed by atoms with Crippen LogP contribution in [0, 0.1) is 12.7 Å². The molecule has 0 saturated carbocycles. The fraction of sp³-hybridized carbons (Fsp3) is 0.111. The van der Waals surface area contributed by atoms with E-state index in [9.17, 15) is 4.39 Å². The third kappa shape index (κ3) is 4.26. The Hall–Kier alpha value is -2.95. The summed E-state index contributed by atoms with van der Waals surface area (Å²) in [6.07, 6.45) is 1.69. The highest BCUT2D eigenvalue weighted by Crippen LogP contribution is 2.15. The average Bonchev–Trinajstić information content (AvgIpc) is 2.55. The highest BCUT2D eigenvalue weighted by molar-refractivity contribution is 5.55. The summed E-state index contributed by atoms with van der Waals surface area (Å²) < 4.78 is 12.9. The van der Waals surface area contributed by atoms with Crippen molar-refractivity contribution in [3.63, 3.8) is 0 Å². The van der Waals surface area contributed by atoms with Crippen molar-refractivity contribution >= 4 is 17.5 Å². The Balaban J connectivity index is 1.66. The van der Waals surface area contributed by atoms with E-state index in [-0.39, 0.29) is 5.82 Å². The smallest absolute Gasteiger partial charge is 0.229 e. The lowest BCUT2D eigenvalue weighted by molar-refractivity contribution is 0.627. The van der Waals surface area contributed by atoms with Crippen molar-refractivity contribution in [1.29, 1.82) is 0 Å². The fourth-order valence-corrected chi connectivity index (χ4v) is 2.16. The molecule has 0 saturated heterocycles. The molecule has 0 radical (unpaired) electrons. The van der Waals surface area contributed by atoms with Gasteiger partial charge in [-0.1, -0.05) is 24.3 Å². The minimum Gasteiger partial charge on any atom is -0.366 e. The van der Waals surface area contributed by atoms with Crippen LogP contribution in [0.4, 0.5) is 21.8 Å². The zero-order chi connectivity index (χ0) is 16.1. The maximum Gasteiger partial charge on any atom is 0.229 e. The molecule has 0 aliphatic heterocycles. The Bertz CT molecular complexity index is 787. The van der Waals surface area contributed by atoms with Crippen LogP contribution in [0.3, 0.4) is 0 Å². The molecule has 0 bridgehead atoms. The van der Waals surface area contributed by atoms with E-state index in [1.165, 1.54) is 17.7 Å². The van der Waals surface area contributed by atoms with E-state index < -0.39 is 0 Å². The first-order chi connectivity index (χ1) is 11.2. The van der Waals surface area contributed by atoms with Crippen LogP contribution >= 0.6 is 0 Å². The molecule has 4 nitrogen and oxygen atoms in total. The van der Waals surface area contributed by atoms with Crippen LogP contribution in [0.5, 0.6) is 0 Å². The number of nitrogens with zero attached hydrogens (tertiary/aromatic N) is 2. The van der Waals surface area contributed by atoms with Gasteiger partial charge in [0, 0.05) is 18.4 Å². The van der Waals surface area contributed by atoms with Gasteiger partial charge >= 0.3 is 0 Å². The molecule has 3 rings (SSSR count). The zero-order valence-electron chi connectivity index (χ0n) is 12.8. The maximum absolute atomic E-state index is 12.9. The Morgan fingerprint density at radius 1 is 1.04 bits per heavy atom. The number of aryl methyl sites for hydroxylation is 1. The Morgan fingerprint density at radius 3 is 2.65 bits per heavy atom. The second-order valence-electron chi connectivity index (χ2n) is 5.24. The molecule has 23 heavy (non-hydrogen) atoms. The second kappa shape index (κ2) is 6.87. The molecule has 0 fully saturated rings. The summed E-state index contributed by atoms with van der Waals surface area (Å²) in [7, 11) is 0. The molecule has 0 amide bonds. The number of aromatic nitrogens is 2. The van der Waals surface area contributed by atoms with Crippen LogP contribution in [0.25, 0.3) is 0 Å². The summed E-state index contributed by atoms with van der Waals surface area (Å²) in [6, 6.07) is 16.2.